The summed E-state index contributed by atoms with van der Waals surface area (Å²) in [7, 11) is 0. The fraction of sp³-hybridized carbons (Fsp3) is 0.288. The number of hydrogen-bond acceptors (Lipinski definition) is 4. The first kappa shape index (κ1) is 47.6. The second-order valence-electron chi connectivity index (χ2n) is 24.0. The summed E-state index contributed by atoms with van der Waals surface area (Å²) in [5.74, 6) is 2.41. The largest absolute Gasteiger partial charge is 0.457 e. The Morgan fingerprint density at radius 2 is 0.958 bits per heavy atom. The molecule has 3 heterocycles. The molecule has 9 aromatic rings. The van der Waals surface area contributed by atoms with Gasteiger partial charge in [0.15, 0.2) is 0 Å². The van der Waals surface area contributed by atoms with Crippen LogP contribution in [-0.2, 0) is 27.1 Å². The van der Waals surface area contributed by atoms with Gasteiger partial charge in [0.25, 0.3) is 0 Å². The molecule has 5 heteroatoms. The van der Waals surface area contributed by atoms with Crippen LogP contribution in [0.5, 0.6) is 11.5 Å². The van der Waals surface area contributed by atoms with Crippen molar-refractivity contribution in [1.82, 2.24) is 9.55 Å². The summed E-state index contributed by atoms with van der Waals surface area (Å²) >= 11 is 0. The number of nitrogens with zero attached hydrogens (tertiary/aromatic N) is 4. The van der Waals surface area contributed by atoms with E-state index in [-0.39, 0.29) is 27.1 Å². The molecule has 0 atom stereocenters. The molecular weight excluding hydrogens is 865 g/mol. The normalized spacial score (nSPS) is 13.6. The van der Waals surface area contributed by atoms with Crippen LogP contribution in [0.2, 0.25) is 0 Å². The van der Waals surface area contributed by atoms with E-state index in [4.69, 9.17) is 9.72 Å². The summed E-state index contributed by atoms with van der Waals surface area (Å²) in [6, 6.07) is 62.3. The Morgan fingerprint density at radius 3 is 1.58 bits per heavy atom. The first-order valence-corrected chi connectivity index (χ1v) is 25.4. The maximum atomic E-state index is 6.94. The van der Waals surface area contributed by atoms with Crippen LogP contribution in [0.1, 0.15) is 129 Å². The van der Waals surface area contributed by atoms with Crippen molar-refractivity contribution < 1.29 is 4.74 Å². The average Bonchev–Trinajstić information content (AvgIpc) is 3.89. The third-order valence-electron chi connectivity index (χ3n) is 15.2. The molecule has 0 fully saturated rings. The minimum Gasteiger partial charge on any atom is -0.457 e. The molecule has 0 unspecified atom stereocenters. The zero-order valence-electron chi connectivity index (χ0n) is 44.1. The van der Waals surface area contributed by atoms with Crippen LogP contribution >= 0.6 is 0 Å². The highest BCUT2D eigenvalue weighted by Gasteiger charge is 2.33. The fourth-order valence-corrected chi connectivity index (χ4v) is 10.3. The second-order valence-corrected chi connectivity index (χ2v) is 24.0. The minimum atomic E-state index is -0.239. The summed E-state index contributed by atoms with van der Waals surface area (Å²) in [6.07, 6.45) is 1.96. The van der Waals surface area contributed by atoms with Crippen molar-refractivity contribution in [2.24, 2.45) is 0 Å². The SMILES string of the molecule is CC(C)(C)c1cc(N2CN(c3cccc(Oc4ccc5c6cc(C(C)(C)c7ccccc7)ccc6n(-c6cc(C(C)(C)c7ccccc7)ccn6)c5c4)c3)c3ccc(C(C)(C)C)cc32)cc(C(C)(C)C)c1. The van der Waals surface area contributed by atoms with Crippen molar-refractivity contribution >= 4 is 44.6 Å². The lowest BCUT2D eigenvalue weighted by molar-refractivity contribution is 0.483. The Bertz CT molecular complexity index is 3400. The lowest BCUT2D eigenvalue weighted by atomic mass is 9.78. The van der Waals surface area contributed by atoms with Crippen LogP contribution in [0.4, 0.5) is 22.7 Å². The average molecular weight is 935 g/mol. The van der Waals surface area contributed by atoms with Gasteiger partial charge in [-0.1, -0.05) is 175 Å². The standard InChI is InChI=1S/C66H70N4O/c1-62(2,3)46-27-32-58-60(39-46)69(52-36-49(63(4,5)6)35-50(37-52)64(7,8)9)43-68(58)51-25-20-26-53(41-51)71-54-29-30-55-56-38-47(65(10,11)44-21-16-14-17-22-44)28-31-57(56)70(59(55)42-54)61-40-48(33-34-67-61)66(12,13)45-23-18-15-19-24-45/h14-42H,43H2,1-13H3. The summed E-state index contributed by atoms with van der Waals surface area (Å²) < 4.78 is 9.26. The fourth-order valence-electron chi connectivity index (χ4n) is 10.3. The Kier molecular flexibility index (Phi) is 11.6. The van der Waals surface area contributed by atoms with Crippen LogP contribution in [0, 0.1) is 0 Å². The molecule has 360 valence electrons. The Hall–Kier alpha value is -7.11. The molecule has 0 bridgehead atoms. The van der Waals surface area contributed by atoms with Crippen molar-refractivity contribution in [1.29, 1.82) is 0 Å². The molecule has 1 aliphatic rings. The van der Waals surface area contributed by atoms with Crippen molar-refractivity contribution in [3.05, 3.63) is 215 Å². The van der Waals surface area contributed by atoms with Crippen molar-refractivity contribution in [2.45, 2.75) is 117 Å². The topological polar surface area (TPSA) is 33.5 Å². The number of benzene rings is 7. The van der Waals surface area contributed by atoms with Gasteiger partial charge in [0.05, 0.1) is 22.4 Å². The molecule has 71 heavy (non-hydrogen) atoms. The van der Waals surface area contributed by atoms with Gasteiger partial charge in [0.1, 0.15) is 24.0 Å². The third kappa shape index (κ3) is 8.90. The van der Waals surface area contributed by atoms with Crippen molar-refractivity contribution in [3.8, 4) is 17.3 Å². The van der Waals surface area contributed by atoms with Gasteiger partial charge >= 0.3 is 0 Å². The van der Waals surface area contributed by atoms with Gasteiger partial charge in [-0.15, -0.1) is 0 Å². The maximum absolute atomic E-state index is 6.94. The molecule has 2 aromatic heterocycles. The summed E-state index contributed by atoms with van der Waals surface area (Å²) in [5.41, 5.74) is 15.4. The molecule has 7 aromatic carbocycles. The van der Waals surface area contributed by atoms with Gasteiger partial charge in [-0.2, -0.15) is 0 Å². The Balaban J connectivity index is 1.06. The molecule has 0 amide bonds. The van der Waals surface area contributed by atoms with E-state index in [9.17, 15) is 0 Å². The number of hydrogen-bond donors (Lipinski definition) is 0. The van der Waals surface area contributed by atoms with Crippen LogP contribution in [0.25, 0.3) is 27.6 Å². The quantitative estimate of drug-likeness (QED) is 0.144. The number of fused-ring (bicyclic) bond motifs is 4. The lowest BCUT2D eigenvalue weighted by Gasteiger charge is -2.29. The molecule has 0 N–H and O–H groups in total. The van der Waals surface area contributed by atoms with Crippen LogP contribution in [0.3, 0.4) is 0 Å². The van der Waals surface area contributed by atoms with E-state index in [1.54, 1.807) is 0 Å². The summed E-state index contributed by atoms with van der Waals surface area (Å²) in [4.78, 5) is 10.0. The van der Waals surface area contributed by atoms with Gasteiger partial charge in [0.2, 0.25) is 0 Å². The molecule has 0 saturated heterocycles. The first-order chi connectivity index (χ1) is 33.6. The van der Waals surface area contributed by atoms with Crippen molar-refractivity contribution in [3.63, 3.8) is 0 Å². The van der Waals surface area contributed by atoms with Gasteiger partial charge in [-0.25, -0.2) is 4.98 Å². The van der Waals surface area contributed by atoms with Crippen LogP contribution in [0.15, 0.2) is 176 Å². The molecule has 1 aliphatic heterocycles. The van der Waals surface area contributed by atoms with E-state index >= 15 is 0 Å². The summed E-state index contributed by atoms with van der Waals surface area (Å²) in [6.45, 7) is 30.7. The molecule has 0 saturated carbocycles. The number of rotatable bonds is 9. The van der Waals surface area contributed by atoms with E-state index in [1.165, 1.54) is 61.4 Å². The predicted octanol–water partition coefficient (Wildman–Crippen LogP) is 17.8. The highest BCUT2D eigenvalue weighted by atomic mass is 16.5. The molecule has 5 nitrogen and oxygen atoms in total. The molecule has 0 spiro atoms. The Morgan fingerprint density at radius 1 is 0.380 bits per heavy atom. The number of ether oxygens (including phenoxy) is 1. The second kappa shape index (κ2) is 17.3. The molecule has 10 rings (SSSR count). The summed E-state index contributed by atoms with van der Waals surface area (Å²) in [5, 5.41) is 2.33. The number of anilines is 4. The lowest BCUT2D eigenvalue weighted by Crippen LogP contribution is -2.25. The van der Waals surface area contributed by atoms with E-state index < -0.39 is 0 Å². The highest BCUT2D eigenvalue weighted by molar-refractivity contribution is 6.10. The van der Waals surface area contributed by atoms with Crippen LogP contribution in [-0.4, -0.2) is 16.2 Å². The molecule has 0 aliphatic carbocycles. The predicted molar refractivity (Wildman–Crippen MR) is 300 cm³/mol. The molecule has 0 radical (unpaired) electrons. The maximum Gasteiger partial charge on any atom is 0.137 e. The Labute approximate surface area is 422 Å². The number of pyridine rings is 1. The molecular formula is C66H70N4O. The van der Waals surface area contributed by atoms with E-state index in [0.29, 0.717) is 6.67 Å². The zero-order chi connectivity index (χ0) is 50.3. The first-order valence-electron chi connectivity index (χ1n) is 25.4. The number of aromatic nitrogens is 2. The van der Waals surface area contributed by atoms with E-state index in [2.05, 4.69) is 274 Å². The van der Waals surface area contributed by atoms with Crippen LogP contribution < -0.4 is 14.5 Å². The van der Waals surface area contributed by atoms with Gasteiger partial charge in [0, 0.05) is 51.3 Å². The van der Waals surface area contributed by atoms with E-state index in [1.807, 2.05) is 6.20 Å². The van der Waals surface area contributed by atoms with Gasteiger partial charge in [-0.3, -0.25) is 4.57 Å². The third-order valence-corrected chi connectivity index (χ3v) is 15.2. The van der Waals surface area contributed by atoms with Crippen molar-refractivity contribution in [2.75, 3.05) is 16.5 Å². The van der Waals surface area contributed by atoms with E-state index in [0.717, 1.165) is 39.4 Å². The smallest absolute Gasteiger partial charge is 0.137 e. The van der Waals surface area contributed by atoms with Gasteiger partial charge in [-0.05, 0) is 128 Å². The monoisotopic (exact) mass is 935 g/mol. The highest BCUT2D eigenvalue weighted by Crippen LogP contribution is 2.48. The zero-order valence-corrected chi connectivity index (χ0v) is 44.1. The minimum absolute atomic E-state index is 0.00281. The van der Waals surface area contributed by atoms with Gasteiger partial charge < -0.3 is 14.5 Å².